The predicted octanol–water partition coefficient (Wildman–Crippen LogP) is 5.96. The van der Waals surface area contributed by atoms with Crippen LogP contribution >= 0.6 is 0 Å². The molecule has 0 bridgehead atoms. The normalized spacial score (nSPS) is 12.3. The minimum absolute atomic E-state index is 0.00376. The van der Waals surface area contributed by atoms with Crippen LogP contribution in [0.5, 0.6) is 0 Å². The van der Waals surface area contributed by atoms with E-state index in [1.807, 2.05) is 24.3 Å². The molecule has 3 rings (SSSR count). The Hall–Kier alpha value is -2.95. The Morgan fingerprint density at radius 1 is 0.935 bits per heavy atom. The summed E-state index contributed by atoms with van der Waals surface area (Å²) < 4.78 is 7.17. The molecule has 5 nitrogen and oxygen atoms in total. The molecule has 1 heterocycles. The first kappa shape index (κ1) is 22.7. The van der Waals surface area contributed by atoms with Crippen molar-refractivity contribution in [3.63, 3.8) is 0 Å². The van der Waals surface area contributed by atoms with Gasteiger partial charge in [0.25, 0.3) is 5.78 Å². The maximum Gasteiger partial charge on any atom is 0.379 e. The number of unbranched alkanes of at least 4 members (excludes halogenated alkanes) is 1. The summed E-state index contributed by atoms with van der Waals surface area (Å²) in [5, 5.41) is 1.80. The highest BCUT2D eigenvalue weighted by Gasteiger charge is 2.21. The van der Waals surface area contributed by atoms with Gasteiger partial charge in [0.1, 0.15) is 0 Å². The molecule has 0 N–H and O–H groups in total. The van der Waals surface area contributed by atoms with Gasteiger partial charge in [-0.1, -0.05) is 33.1 Å². The van der Waals surface area contributed by atoms with E-state index in [9.17, 15) is 14.4 Å². The maximum absolute atomic E-state index is 12.5. The number of hydrogen-bond acceptors (Lipinski definition) is 4. The number of carbonyl (C=O) groups is 3. The first-order chi connectivity index (χ1) is 14.9. The van der Waals surface area contributed by atoms with E-state index in [2.05, 4.69) is 18.4 Å². The number of ketones is 2. The minimum Gasteiger partial charge on any atom is -0.460 e. The second-order valence-electron chi connectivity index (χ2n) is 8.10. The SMILES string of the molecule is CCCCC(CC)Cn1c2ccc(C(C)=O)cc2c2cc(C(=O)C(=O)OCC)ccc21. The van der Waals surface area contributed by atoms with Gasteiger partial charge in [0.2, 0.25) is 0 Å². The van der Waals surface area contributed by atoms with Crippen LogP contribution in [0.15, 0.2) is 36.4 Å². The lowest BCUT2D eigenvalue weighted by atomic mass is 9.99. The Bertz CT molecular complexity index is 1130. The van der Waals surface area contributed by atoms with Crippen molar-refractivity contribution in [2.45, 2.75) is 59.9 Å². The fourth-order valence-corrected chi connectivity index (χ4v) is 4.15. The van der Waals surface area contributed by atoms with Crippen LogP contribution in [0.25, 0.3) is 21.8 Å². The monoisotopic (exact) mass is 421 g/mol. The number of aromatic nitrogens is 1. The van der Waals surface area contributed by atoms with Crippen molar-refractivity contribution >= 4 is 39.3 Å². The van der Waals surface area contributed by atoms with Gasteiger partial charge in [-0.05, 0) is 62.6 Å². The largest absolute Gasteiger partial charge is 0.460 e. The third-order valence-corrected chi connectivity index (χ3v) is 5.98. The molecule has 0 aliphatic carbocycles. The summed E-state index contributed by atoms with van der Waals surface area (Å²) in [6, 6.07) is 11.1. The molecule has 0 aliphatic heterocycles. The van der Waals surface area contributed by atoms with Crippen LogP contribution in [-0.2, 0) is 16.1 Å². The first-order valence-corrected chi connectivity index (χ1v) is 11.2. The number of Topliss-reactive ketones (excluding diaryl/α,β-unsaturated/α-hetero) is 2. The Morgan fingerprint density at radius 2 is 1.55 bits per heavy atom. The van der Waals surface area contributed by atoms with Gasteiger partial charge in [0, 0.05) is 39.5 Å². The van der Waals surface area contributed by atoms with Gasteiger partial charge in [-0.3, -0.25) is 9.59 Å². The lowest BCUT2D eigenvalue weighted by molar-refractivity contribution is -0.137. The van der Waals surface area contributed by atoms with Crippen LogP contribution in [0.4, 0.5) is 0 Å². The predicted molar refractivity (Wildman–Crippen MR) is 124 cm³/mol. The van der Waals surface area contributed by atoms with Crippen LogP contribution in [0.3, 0.4) is 0 Å². The summed E-state index contributed by atoms with van der Waals surface area (Å²) in [6.45, 7) is 8.68. The third kappa shape index (κ3) is 4.71. The smallest absolute Gasteiger partial charge is 0.379 e. The van der Waals surface area contributed by atoms with E-state index in [1.165, 1.54) is 19.3 Å². The molecule has 0 amide bonds. The lowest BCUT2D eigenvalue weighted by Crippen LogP contribution is -2.17. The Kier molecular flexibility index (Phi) is 7.26. The molecular formula is C26H31NO4. The first-order valence-electron chi connectivity index (χ1n) is 11.2. The van der Waals surface area contributed by atoms with Crippen molar-refractivity contribution < 1.29 is 19.1 Å². The minimum atomic E-state index is -0.847. The summed E-state index contributed by atoms with van der Waals surface area (Å²) in [6.07, 6.45) is 4.62. The molecule has 0 saturated carbocycles. The Balaban J connectivity index is 2.17. The number of nitrogens with zero attached hydrogens (tertiary/aromatic N) is 1. The highest BCUT2D eigenvalue weighted by atomic mass is 16.5. The molecule has 1 atom stereocenters. The molecule has 0 aliphatic rings. The average molecular weight is 422 g/mol. The van der Waals surface area contributed by atoms with Gasteiger partial charge in [0.05, 0.1) is 6.61 Å². The molecule has 0 saturated heterocycles. The van der Waals surface area contributed by atoms with E-state index in [1.54, 1.807) is 26.0 Å². The fraction of sp³-hybridized carbons (Fsp3) is 0.423. The third-order valence-electron chi connectivity index (χ3n) is 5.98. The van der Waals surface area contributed by atoms with Crippen LogP contribution in [-0.4, -0.2) is 28.7 Å². The topological polar surface area (TPSA) is 65.4 Å². The molecule has 1 aromatic heterocycles. The van der Waals surface area contributed by atoms with E-state index in [4.69, 9.17) is 4.74 Å². The molecule has 31 heavy (non-hydrogen) atoms. The second kappa shape index (κ2) is 9.90. The van der Waals surface area contributed by atoms with Crippen molar-refractivity contribution in [3.8, 4) is 0 Å². The van der Waals surface area contributed by atoms with E-state index < -0.39 is 11.8 Å². The molecule has 3 aromatic rings. The lowest BCUT2D eigenvalue weighted by Gasteiger charge is -2.17. The molecule has 0 radical (unpaired) electrons. The standard InChI is InChI=1S/C26H31NO4/c1-5-8-9-18(6-2)16-27-23-12-10-19(17(4)28)14-21(23)22-15-20(11-13-24(22)27)25(29)26(30)31-7-3/h10-15,18H,5-9,16H2,1-4H3. The fourth-order valence-electron chi connectivity index (χ4n) is 4.15. The van der Waals surface area contributed by atoms with Gasteiger partial charge in [0.15, 0.2) is 5.78 Å². The van der Waals surface area contributed by atoms with E-state index in [-0.39, 0.29) is 12.4 Å². The van der Waals surface area contributed by atoms with Crippen molar-refractivity contribution in [1.82, 2.24) is 4.57 Å². The zero-order valence-electron chi connectivity index (χ0n) is 18.9. The number of fused-ring (bicyclic) bond motifs is 3. The molecule has 2 aromatic carbocycles. The van der Waals surface area contributed by atoms with Crippen LogP contribution < -0.4 is 0 Å². The highest BCUT2D eigenvalue weighted by Crippen LogP contribution is 2.32. The van der Waals surface area contributed by atoms with E-state index in [0.29, 0.717) is 17.0 Å². The molecule has 164 valence electrons. The summed E-state index contributed by atoms with van der Waals surface area (Å²) in [7, 11) is 0. The van der Waals surface area contributed by atoms with Crippen LogP contribution in [0.2, 0.25) is 0 Å². The van der Waals surface area contributed by atoms with Crippen LogP contribution in [0, 0.1) is 5.92 Å². The van der Waals surface area contributed by atoms with Crippen LogP contribution in [0.1, 0.15) is 74.1 Å². The Morgan fingerprint density at radius 3 is 2.10 bits per heavy atom. The van der Waals surface area contributed by atoms with Crippen molar-refractivity contribution in [3.05, 3.63) is 47.5 Å². The molecule has 5 heteroatoms. The number of rotatable bonds is 10. The number of carbonyl (C=O) groups excluding carboxylic acids is 3. The van der Waals surface area contributed by atoms with Gasteiger partial charge < -0.3 is 9.30 Å². The van der Waals surface area contributed by atoms with Gasteiger partial charge in [-0.2, -0.15) is 0 Å². The molecular weight excluding hydrogens is 390 g/mol. The Labute approximate surface area is 183 Å². The van der Waals surface area contributed by atoms with Gasteiger partial charge in [-0.25, -0.2) is 4.79 Å². The molecule has 1 unspecified atom stereocenters. The molecule has 0 fully saturated rings. The highest BCUT2D eigenvalue weighted by molar-refractivity contribution is 6.41. The summed E-state index contributed by atoms with van der Waals surface area (Å²) in [5.41, 5.74) is 2.98. The quantitative estimate of drug-likeness (QED) is 0.230. The number of esters is 1. The van der Waals surface area contributed by atoms with Gasteiger partial charge >= 0.3 is 5.97 Å². The van der Waals surface area contributed by atoms with E-state index in [0.717, 1.165) is 34.8 Å². The maximum atomic E-state index is 12.5. The van der Waals surface area contributed by atoms with Crippen molar-refractivity contribution in [2.24, 2.45) is 5.92 Å². The van der Waals surface area contributed by atoms with Crippen molar-refractivity contribution in [1.29, 1.82) is 0 Å². The number of benzene rings is 2. The van der Waals surface area contributed by atoms with E-state index >= 15 is 0 Å². The van der Waals surface area contributed by atoms with Gasteiger partial charge in [-0.15, -0.1) is 0 Å². The zero-order chi connectivity index (χ0) is 22.5. The van der Waals surface area contributed by atoms with Crippen molar-refractivity contribution in [2.75, 3.05) is 6.61 Å². The summed E-state index contributed by atoms with van der Waals surface area (Å²) in [5.74, 6) is -0.953. The second-order valence-corrected chi connectivity index (χ2v) is 8.10. The summed E-state index contributed by atoms with van der Waals surface area (Å²) in [4.78, 5) is 36.4. The number of ether oxygens (including phenoxy) is 1. The zero-order valence-corrected chi connectivity index (χ0v) is 18.9. The number of hydrogen-bond donors (Lipinski definition) is 0. The summed E-state index contributed by atoms with van der Waals surface area (Å²) >= 11 is 0. The average Bonchev–Trinajstić information content (AvgIpc) is 3.08. The molecule has 0 spiro atoms.